The molecule has 62 valence electrons. The van der Waals surface area contributed by atoms with E-state index in [9.17, 15) is 0 Å². The largest absolute Gasteiger partial charge is 0.0654 e. The second-order valence-corrected chi connectivity index (χ2v) is 3.53. The molecule has 0 heterocycles. The summed E-state index contributed by atoms with van der Waals surface area (Å²) >= 11 is 0. The van der Waals surface area contributed by atoms with Gasteiger partial charge < -0.3 is 0 Å². The fourth-order valence-electron chi connectivity index (χ4n) is 1.48. The molecule has 0 aromatic carbocycles. The van der Waals surface area contributed by atoms with Crippen LogP contribution in [0, 0.1) is 11.8 Å². The molecule has 0 amide bonds. The summed E-state index contributed by atoms with van der Waals surface area (Å²) in [4.78, 5) is 0. The summed E-state index contributed by atoms with van der Waals surface area (Å²) in [7, 11) is 0. The molecule has 0 nitrogen and oxygen atoms in total. The highest BCUT2D eigenvalue weighted by Gasteiger charge is 2.08. The molecular weight excluding hydrogens is 120 g/mol. The fraction of sp³-hybridized carbons (Fsp3) is 1.00. The zero-order valence-corrected chi connectivity index (χ0v) is 7.98. The van der Waals surface area contributed by atoms with E-state index < -0.39 is 0 Å². The van der Waals surface area contributed by atoms with Gasteiger partial charge in [0.15, 0.2) is 0 Å². The minimum Gasteiger partial charge on any atom is -0.0654 e. The second kappa shape index (κ2) is 5.76. The maximum Gasteiger partial charge on any atom is -0.0417 e. The zero-order valence-electron chi connectivity index (χ0n) is 7.98. The Bertz CT molecular complexity index is 56.4. The van der Waals surface area contributed by atoms with E-state index in [1.165, 1.54) is 25.7 Å². The standard InChI is InChI=1S/C10H22/c1-5-7-9(3)10(4)8-6-2/h9-10H,5-8H2,1-4H3. The maximum atomic E-state index is 2.38. The van der Waals surface area contributed by atoms with E-state index in [4.69, 9.17) is 0 Å². The van der Waals surface area contributed by atoms with Crippen molar-refractivity contribution in [2.24, 2.45) is 11.8 Å². The van der Waals surface area contributed by atoms with E-state index in [2.05, 4.69) is 27.7 Å². The van der Waals surface area contributed by atoms with Crippen LogP contribution in [0.3, 0.4) is 0 Å². The van der Waals surface area contributed by atoms with Gasteiger partial charge in [-0.15, -0.1) is 0 Å². The van der Waals surface area contributed by atoms with E-state index in [1.807, 2.05) is 0 Å². The first-order valence-corrected chi connectivity index (χ1v) is 4.72. The van der Waals surface area contributed by atoms with E-state index >= 15 is 0 Å². The fourth-order valence-corrected chi connectivity index (χ4v) is 1.48. The topological polar surface area (TPSA) is 0 Å². The predicted octanol–water partition coefficient (Wildman–Crippen LogP) is 3.86. The smallest absolute Gasteiger partial charge is 0.0417 e. The van der Waals surface area contributed by atoms with Crippen LogP contribution in [0.1, 0.15) is 53.4 Å². The van der Waals surface area contributed by atoms with Crippen molar-refractivity contribution in [2.45, 2.75) is 53.4 Å². The monoisotopic (exact) mass is 142 g/mol. The normalized spacial score (nSPS) is 16.8. The van der Waals surface area contributed by atoms with Gasteiger partial charge in [-0.05, 0) is 11.8 Å². The highest BCUT2D eigenvalue weighted by Crippen LogP contribution is 2.20. The molecule has 0 aromatic heterocycles. The third-order valence-electron chi connectivity index (χ3n) is 2.46. The van der Waals surface area contributed by atoms with E-state index in [0.717, 1.165) is 11.8 Å². The predicted molar refractivity (Wildman–Crippen MR) is 48.1 cm³/mol. The molecule has 0 bridgehead atoms. The second-order valence-electron chi connectivity index (χ2n) is 3.53. The Hall–Kier alpha value is 0. The first-order chi connectivity index (χ1) is 4.72. The summed E-state index contributed by atoms with van der Waals surface area (Å²) in [5.74, 6) is 1.87. The summed E-state index contributed by atoms with van der Waals surface area (Å²) < 4.78 is 0. The van der Waals surface area contributed by atoms with Crippen molar-refractivity contribution in [3.05, 3.63) is 0 Å². The van der Waals surface area contributed by atoms with Gasteiger partial charge in [0.2, 0.25) is 0 Å². The van der Waals surface area contributed by atoms with Crippen LogP contribution >= 0.6 is 0 Å². The highest BCUT2D eigenvalue weighted by atomic mass is 14.1. The zero-order chi connectivity index (χ0) is 7.98. The highest BCUT2D eigenvalue weighted by molar-refractivity contribution is 4.60. The summed E-state index contributed by atoms with van der Waals surface area (Å²) in [6, 6.07) is 0. The van der Waals surface area contributed by atoms with Gasteiger partial charge in [0.25, 0.3) is 0 Å². The van der Waals surface area contributed by atoms with Gasteiger partial charge in [0.1, 0.15) is 0 Å². The van der Waals surface area contributed by atoms with Gasteiger partial charge in [-0.3, -0.25) is 0 Å². The Morgan fingerprint density at radius 1 is 0.800 bits per heavy atom. The molecule has 0 saturated heterocycles. The Morgan fingerprint density at radius 2 is 1.10 bits per heavy atom. The molecule has 10 heavy (non-hydrogen) atoms. The molecule has 0 aromatic rings. The van der Waals surface area contributed by atoms with Gasteiger partial charge in [0, 0.05) is 0 Å². The minimum atomic E-state index is 0.935. The molecule has 0 spiro atoms. The Kier molecular flexibility index (Phi) is 5.76. The molecule has 0 aliphatic rings. The van der Waals surface area contributed by atoms with Crippen LogP contribution in [-0.2, 0) is 0 Å². The van der Waals surface area contributed by atoms with Crippen LogP contribution < -0.4 is 0 Å². The van der Waals surface area contributed by atoms with Crippen LogP contribution in [0.4, 0.5) is 0 Å². The molecular formula is C10H22. The van der Waals surface area contributed by atoms with Crippen molar-refractivity contribution in [3.63, 3.8) is 0 Å². The van der Waals surface area contributed by atoms with Gasteiger partial charge >= 0.3 is 0 Å². The number of hydrogen-bond acceptors (Lipinski definition) is 0. The molecule has 0 aliphatic heterocycles. The van der Waals surface area contributed by atoms with Crippen molar-refractivity contribution >= 4 is 0 Å². The van der Waals surface area contributed by atoms with Crippen molar-refractivity contribution in [2.75, 3.05) is 0 Å². The van der Waals surface area contributed by atoms with Gasteiger partial charge in [-0.1, -0.05) is 53.4 Å². The van der Waals surface area contributed by atoms with Crippen molar-refractivity contribution in [3.8, 4) is 0 Å². The summed E-state index contributed by atoms with van der Waals surface area (Å²) in [5.41, 5.74) is 0. The van der Waals surface area contributed by atoms with Gasteiger partial charge in [-0.2, -0.15) is 0 Å². The van der Waals surface area contributed by atoms with Crippen LogP contribution in [0.5, 0.6) is 0 Å². The van der Waals surface area contributed by atoms with Gasteiger partial charge in [-0.25, -0.2) is 0 Å². The van der Waals surface area contributed by atoms with E-state index in [0.29, 0.717) is 0 Å². The first-order valence-electron chi connectivity index (χ1n) is 4.72. The van der Waals surface area contributed by atoms with Crippen LogP contribution in [0.2, 0.25) is 0 Å². The SMILES string of the molecule is CCCC(C)C(C)CCC. The molecule has 0 aliphatic carbocycles. The third-order valence-corrected chi connectivity index (χ3v) is 2.46. The molecule has 2 atom stereocenters. The van der Waals surface area contributed by atoms with Crippen LogP contribution in [0.25, 0.3) is 0 Å². The molecule has 0 fully saturated rings. The van der Waals surface area contributed by atoms with Gasteiger partial charge in [0.05, 0.1) is 0 Å². The molecule has 0 N–H and O–H groups in total. The summed E-state index contributed by atoms with van der Waals surface area (Å²) in [6.07, 6.45) is 5.49. The average Bonchev–Trinajstić information content (AvgIpc) is 1.89. The maximum absolute atomic E-state index is 2.38. The third kappa shape index (κ3) is 3.92. The van der Waals surface area contributed by atoms with E-state index in [-0.39, 0.29) is 0 Å². The summed E-state index contributed by atoms with van der Waals surface area (Å²) in [5, 5.41) is 0. The molecule has 2 unspecified atom stereocenters. The molecule has 0 rings (SSSR count). The lowest BCUT2D eigenvalue weighted by Crippen LogP contribution is -2.06. The quantitative estimate of drug-likeness (QED) is 0.547. The van der Waals surface area contributed by atoms with Crippen molar-refractivity contribution in [1.29, 1.82) is 0 Å². The number of rotatable bonds is 5. The Labute approximate surface area is 66.0 Å². The Morgan fingerprint density at radius 3 is 1.30 bits per heavy atom. The molecule has 0 heteroatoms. The molecule has 0 saturated carbocycles. The van der Waals surface area contributed by atoms with E-state index in [1.54, 1.807) is 0 Å². The van der Waals surface area contributed by atoms with Crippen molar-refractivity contribution < 1.29 is 0 Å². The lowest BCUT2D eigenvalue weighted by atomic mass is 9.89. The Balaban J connectivity index is 3.38. The van der Waals surface area contributed by atoms with Crippen LogP contribution in [-0.4, -0.2) is 0 Å². The number of hydrogen-bond donors (Lipinski definition) is 0. The first kappa shape index (κ1) is 10.0. The molecule has 0 radical (unpaired) electrons. The summed E-state index contributed by atoms with van der Waals surface area (Å²) in [6.45, 7) is 9.30. The minimum absolute atomic E-state index is 0.935. The van der Waals surface area contributed by atoms with Crippen LogP contribution in [0.15, 0.2) is 0 Å². The lowest BCUT2D eigenvalue weighted by molar-refractivity contribution is 0.339. The average molecular weight is 142 g/mol. The van der Waals surface area contributed by atoms with Crippen molar-refractivity contribution in [1.82, 2.24) is 0 Å². The lowest BCUT2D eigenvalue weighted by Gasteiger charge is -2.17.